The van der Waals surface area contributed by atoms with Crippen molar-refractivity contribution in [1.82, 2.24) is 9.88 Å². The lowest BCUT2D eigenvalue weighted by atomic mass is 10.2. The molecule has 0 bridgehead atoms. The highest BCUT2D eigenvalue weighted by Crippen LogP contribution is 2.23. The molecule has 1 aliphatic heterocycles. The zero-order chi connectivity index (χ0) is 15.6. The van der Waals surface area contributed by atoms with Crippen LogP contribution in [-0.4, -0.2) is 47.8 Å². The molecule has 1 amide bonds. The molecular formula is C15H22BrN3O2. The van der Waals surface area contributed by atoms with Crippen LogP contribution in [0.4, 0.5) is 10.6 Å². The van der Waals surface area contributed by atoms with Gasteiger partial charge in [-0.2, -0.15) is 0 Å². The molecule has 0 saturated carbocycles. The van der Waals surface area contributed by atoms with Gasteiger partial charge in [-0.05, 0) is 55.3 Å². The highest BCUT2D eigenvalue weighted by molar-refractivity contribution is 9.10. The number of amides is 1. The Hall–Kier alpha value is -1.30. The van der Waals surface area contributed by atoms with Gasteiger partial charge in [-0.3, -0.25) is 0 Å². The van der Waals surface area contributed by atoms with Crippen molar-refractivity contribution in [2.45, 2.75) is 38.8 Å². The summed E-state index contributed by atoms with van der Waals surface area (Å²) in [6.07, 6.45) is 0.653. The molecule has 1 saturated heterocycles. The summed E-state index contributed by atoms with van der Waals surface area (Å²) in [7, 11) is 1.80. The Labute approximate surface area is 134 Å². The number of carbonyl (C=O) groups excluding carboxylic acids is 1. The minimum atomic E-state index is -0.463. The van der Waals surface area contributed by atoms with Gasteiger partial charge in [0.2, 0.25) is 0 Å². The Morgan fingerprint density at radius 1 is 1.48 bits per heavy atom. The van der Waals surface area contributed by atoms with E-state index in [0.29, 0.717) is 0 Å². The van der Waals surface area contributed by atoms with Gasteiger partial charge in [0, 0.05) is 20.1 Å². The van der Waals surface area contributed by atoms with Crippen LogP contribution in [-0.2, 0) is 4.74 Å². The standard InChI is InChI=1S/C15H22BrN3O2/c1-15(2,3)21-14(20)18(4)11-8-9-19(10-11)13-7-5-6-12(16)17-13/h5-7,11H,8-10H2,1-4H3/t11-/m1/s1. The molecule has 0 unspecified atom stereocenters. The van der Waals surface area contributed by atoms with Crippen LogP contribution in [0.25, 0.3) is 0 Å². The van der Waals surface area contributed by atoms with Crippen molar-refractivity contribution in [2.75, 3.05) is 25.0 Å². The second-order valence-electron chi connectivity index (χ2n) is 6.30. The minimum Gasteiger partial charge on any atom is -0.444 e. The molecule has 1 aromatic rings. The number of hydrogen-bond acceptors (Lipinski definition) is 4. The summed E-state index contributed by atoms with van der Waals surface area (Å²) < 4.78 is 6.24. The molecular weight excluding hydrogens is 334 g/mol. The Balaban J connectivity index is 1.97. The second-order valence-corrected chi connectivity index (χ2v) is 7.11. The first-order valence-corrected chi connectivity index (χ1v) is 7.89. The number of halogens is 1. The lowest BCUT2D eigenvalue weighted by Gasteiger charge is -2.28. The number of likely N-dealkylation sites (N-methyl/N-ethyl adjacent to an activating group) is 1. The highest BCUT2D eigenvalue weighted by atomic mass is 79.9. The van der Waals surface area contributed by atoms with Gasteiger partial charge < -0.3 is 14.5 Å². The Kier molecular flexibility index (Phi) is 4.76. The van der Waals surface area contributed by atoms with E-state index < -0.39 is 5.60 Å². The summed E-state index contributed by atoms with van der Waals surface area (Å²) in [6, 6.07) is 6.02. The van der Waals surface area contributed by atoms with Gasteiger partial charge in [0.25, 0.3) is 0 Å². The summed E-state index contributed by atoms with van der Waals surface area (Å²) in [6.45, 7) is 7.31. The lowest BCUT2D eigenvalue weighted by Crippen LogP contribution is -2.42. The van der Waals surface area contributed by atoms with E-state index in [1.54, 1.807) is 11.9 Å². The quantitative estimate of drug-likeness (QED) is 0.763. The van der Waals surface area contributed by atoms with Crippen molar-refractivity contribution in [3.05, 3.63) is 22.8 Å². The minimum absolute atomic E-state index is 0.153. The molecule has 0 N–H and O–H groups in total. The zero-order valence-electron chi connectivity index (χ0n) is 13.0. The fourth-order valence-corrected chi connectivity index (χ4v) is 2.66. The highest BCUT2D eigenvalue weighted by Gasteiger charge is 2.31. The SMILES string of the molecule is CN(C(=O)OC(C)(C)C)[C@@H]1CCN(c2cccc(Br)n2)C1. The summed E-state index contributed by atoms with van der Waals surface area (Å²) in [5.41, 5.74) is -0.463. The number of nitrogens with zero attached hydrogens (tertiary/aromatic N) is 3. The van der Waals surface area contributed by atoms with Crippen molar-refractivity contribution >= 4 is 27.8 Å². The van der Waals surface area contributed by atoms with E-state index in [0.717, 1.165) is 29.9 Å². The van der Waals surface area contributed by atoms with Crippen LogP contribution in [0.5, 0.6) is 0 Å². The average molecular weight is 356 g/mol. The van der Waals surface area contributed by atoms with Gasteiger partial charge in [-0.1, -0.05) is 6.07 Å². The van der Waals surface area contributed by atoms with Crippen LogP contribution in [0.1, 0.15) is 27.2 Å². The number of anilines is 1. The summed E-state index contributed by atoms with van der Waals surface area (Å²) >= 11 is 3.39. The fourth-order valence-electron chi connectivity index (χ4n) is 2.32. The van der Waals surface area contributed by atoms with Crippen LogP contribution < -0.4 is 4.90 Å². The smallest absolute Gasteiger partial charge is 0.410 e. The predicted molar refractivity (Wildman–Crippen MR) is 86.6 cm³/mol. The number of carbonyl (C=O) groups is 1. The zero-order valence-corrected chi connectivity index (χ0v) is 14.6. The molecule has 0 aliphatic carbocycles. The maximum atomic E-state index is 12.1. The maximum absolute atomic E-state index is 12.1. The van der Waals surface area contributed by atoms with E-state index in [1.165, 1.54) is 0 Å². The Morgan fingerprint density at radius 3 is 2.81 bits per heavy atom. The Bertz CT molecular complexity index is 516. The van der Waals surface area contributed by atoms with Gasteiger partial charge in [-0.25, -0.2) is 9.78 Å². The van der Waals surface area contributed by atoms with Crippen LogP contribution in [0.3, 0.4) is 0 Å². The van der Waals surface area contributed by atoms with E-state index in [9.17, 15) is 4.79 Å². The molecule has 6 heteroatoms. The predicted octanol–water partition coefficient (Wildman–Crippen LogP) is 3.29. The van der Waals surface area contributed by atoms with E-state index >= 15 is 0 Å². The molecule has 1 aromatic heterocycles. The molecule has 5 nitrogen and oxygen atoms in total. The van der Waals surface area contributed by atoms with Crippen LogP contribution >= 0.6 is 15.9 Å². The van der Waals surface area contributed by atoms with E-state index in [4.69, 9.17) is 4.74 Å². The lowest BCUT2D eigenvalue weighted by molar-refractivity contribution is 0.0238. The van der Waals surface area contributed by atoms with Crippen molar-refractivity contribution in [1.29, 1.82) is 0 Å². The molecule has 2 heterocycles. The van der Waals surface area contributed by atoms with Crippen LogP contribution in [0.15, 0.2) is 22.8 Å². The van der Waals surface area contributed by atoms with E-state index in [1.807, 2.05) is 39.0 Å². The van der Waals surface area contributed by atoms with Crippen molar-refractivity contribution < 1.29 is 9.53 Å². The third kappa shape index (κ3) is 4.33. The maximum Gasteiger partial charge on any atom is 0.410 e. The average Bonchev–Trinajstić information content (AvgIpc) is 2.85. The van der Waals surface area contributed by atoms with Gasteiger partial charge in [0.1, 0.15) is 16.0 Å². The molecule has 0 radical (unpaired) electrons. The van der Waals surface area contributed by atoms with Gasteiger partial charge in [0.15, 0.2) is 0 Å². The molecule has 1 atom stereocenters. The summed E-state index contributed by atoms with van der Waals surface area (Å²) in [4.78, 5) is 20.5. The van der Waals surface area contributed by atoms with Crippen LogP contribution in [0.2, 0.25) is 0 Å². The van der Waals surface area contributed by atoms with E-state index in [2.05, 4.69) is 25.8 Å². The number of pyridine rings is 1. The number of ether oxygens (including phenoxy) is 1. The summed E-state index contributed by atoms with van der Waals surface area (Å²) in [5.74, 6) is 0.935. The van der Waals surface area contributed by atoms with Crippen LogP contribution in [0, 0.1) is 0 Å². The molecule has 21 heavy (non-hydrogen) atoms. The fraction of sp³-hybridized carbons (Fsp3) is 0.600. The monoisotopic (exact) mass is 355 g/mol. The topological polar surface area (TPSA) is 45.7 Å². The molecule has 1 aliphatic rings. The molecule has 2 rings (SSSR count). The van der Waals surface area contributed by atoms with Crippen molar-refractivity contribution in [3.63, 3.8) is 0 Å². The third-order valence-corrected chi connectivity index (χ3v) is 3.86. The first-order chi connectivity index (χ1) is 9.76. The molecule has 0 aromatic carbocycles. The Morgan fingerprint density at radius 2 is 2.19 bits per heavy atom. The normalized spacial score (nSPS) is 18.7. The first-order valence-electron chi connectivity index (χ1n) is 7.09. The third-order valence-electron chi connectivity index (χ3n) is 3.42. The number of aromatic nitrogens is 1. The first kappa shape index (κ1) is 16.1. The molecule has 116 valence electrons. The number of hydrogen-bond donors (Lipinski definition) is 0. The van der Waals surface area contributed by atoms with Gasteiger partial charge >= 0.3 is 6.09 Å². The van der Waals surface area contributed by atoms with Gasteiger partial charge in [-0.15, -0.1) is 0 Å². The van der Waals surface area contributed by atoms with Gasteiger partial charge in [0.05, 0.1) is 6.04 Å². The summed E-state index contributed by atoms with van der Waals surface area (Å²) in [5, 5.41) is 0. The van der Waals surface area contributed by atoms with E-state index in [-0.39, 0.29) is 12.1 Å². The second kappa shape index (κ2) is 6.22. The molecule has 0 spiro atoms. The van der Waals surface area contributed by atoms with Crippen molar-refractivity contribution in [2.24, 2.45) is 0 Å². The number of rotatable bonds is 2. The van der Waals surface area contributed by atoms with Crippen molar-refractivity contribution in [3.8, 4) is 0 Å². The largest absolute Gasteiger partial charge is 0.444 e. The molecule has 1 fully saturated rings.